The van der Waals surface area contributed by atoms with Crippen molar-refractivity contribution in [1.82, 2.24) is 5.32 Å². The summed E-state index contributed by atoms with van der Waals surface area (Å²) in [6.07, 6.45) is 4.59. The van der Waals surface area contributed by atoms with Crippen molar-refractivity contribution in [3.05, 3.63) is 47.0 Å². The Labute approximate surface area is 106 Å². The highest BCUT2D eigenvalue weighted by molar-refractivity contribution is 5.33. The zero-order valence-electron chi connectivity index (χ0n) is 11.6. The molecule has 0 aliphatic heterocycles. The molecular weight excluding hydrogens is 206 g/mol. The molecule has 1 aromatic rings. The minimum Gasteiger partial charge on any atom is -0.307 e. The minimum atomic E-state index is 0.358. The second-order valence-corrected chi connectivity index (χ2v) is 4.73. The summed E-state index contributed by atoms with van der Waals surface area (Å²) in [7, 11) is 0. The Kier molecular flexibility index (Phi) is 5.99. The van der Waals surface area contributed by atoms with E-state index < -0.39 is 0 Å². The highest BCUT2D eigenvalue weighted by Crippen LogP contribution is 2.21. The van der Waals surface area contributed by atoms with E-state index in [-0.39, 0.29) is 0 Å². The van der Waals surface area contributed by atoms with Crippen molar-refractivity contribution in [3.8, 4) is 0 Å². The third-order valence-corrected chi connectivity index (χ3v) is 2.89. The monoisotopic (exact) mass is 231 g/mol. The second kappa shape index (κ2) is 7.29. The van der Waals surface area contributed by atoms with Crippen LogP contribution in [0.15, 0.2) is 35.9 Å². The third-order valence-electron chi connectivity index (χ3n) is 2.89. The Morgan fingerprint density at radius 2 is 1.94 bits per heavy atom. The Morgan fingerprint density at radius 3 is 2.53 bits per heavy atom. The van der Waals surface area contributed by atoms with Gasteiger partial charge < -0.3 is 5.32 Å². The highest BCUT2D eigenvalue weighted by Gasteiger charge is 2.10. The van der Waals surface area contributed by atoms with Gasteiger partial charge in [0.2, 0.25) is 0 Å². The van der Waals surface area contributed by atoms with Crippen LogP contribution in [0.4, 0.5) is 0 Å². The van der Waals surface area contributed by atoms with Crippen molar-refractivity contribution in [1.29, 1.82) is 0 Å². The zero-order chi connectivity index (χ0) is 12.7. The van der Waals surface area contributed by atoms with Crippen molar-refractivity contribution < 1.29 is 0 Å². The van der Waals surface area contributed by atoms with Crippen molar-refractivity contribution in [2.75, 3.05) is 6.54 Å². The molecule has 1 aromatic carbocycles. The van der Waals surface area contributed by atoms with Crippen LogP contribution in [-0.4, -0.2) is 6.54 Å². The predicted molar refractivity (Wildman–Crippen MR) is 76.3 cm³/mol. The van der Waals surface area contributed by atoms with Gasteiger partial charge in [-0.3, -0.25) is 0 Å². The van der Waals surface area contributed by atoms with E-state index in [0.29, 0.717) is 6.04 Å². The first-order valence-corrected chi connectivity index (χ1v) is 6.65. The number of allylic oxidation sites excluding steroid dienone is 1. The number of aryl methyl sites for hydroxylation is 1. The summed E-state index contributed by atoms with van der Waals surface area (Å²) in [4.78, 5) is 0. The van der Waals surface area contributed by atoms with Crippen molar-refractivity contribution >= 4 is 0 Å². The molecule has 94 valence electrons. The molecule has 1 atom stereocenters. The standard InChI is InChI=1S/C16H25N/c1-5-11-17-16(12-13(3)4)15-10-8-7-9-14(15)6-2/h7-10,12,16-17H,5-6,11H2,1-4H3. The summed E-state index contributed by atoms with van der Waals surface area (Å²) in [6, 6.07) is 9.09. The molecule has 0 fully saturated rings. The largest absolute Gasteiger partial charge is 0.307 e. The van der Waals surface area contributed by atoms with Crippen LogP contribution in [-0.2, 0) is 6.42 Å². The van der Waals surface area contributed by atoms with Gasteiger partial charge in [-0.25, -0.2) is 0 Å². The van der Waals surface area contributed by atoms with Crippen molar-refractivity contribution in [3.63, 3.8) is 0 Å². The Morgan fingerprint density at radius 1 is 1.24 bits per heavy atom. The molecule has 1 heteroatoms. The fraction of sp³-hybridized carbons (Fsp3) is 0.500. The lowest BCUT2D eigenvalue weighted by atomic mass is 9.97. The lowest BCUT2D eigenvalue weighted by molar-refractivity contribution is 0.606. The van der Waals surface area contributed by atoms with Crippen LogP contribution in [0.2, 0.25) is 0 Å². The first-order valence-electron chi connectivity index (χ1n) is 6.65. The Balaban J connectivity index is 2.98. The molecule has 1 nitrogen and oxygen atoms in total. The molecule has 0 aliphatic rings. The minimum absolute atomic E-state index is 0.358. The van der Waals surface area contributed by atoms with Crippen LogP contribution in [0.5, 0.6) is 0 Å². The SMILES string of the molecule is CCCNC(C=C(C)C)c1ccccc1CC. The van der Waals surface area contributed by atoms with E-state index in [2.05, 4.69) is 63.4 Å². The topological polar surface area (TPSA) is 12.0 Å². The van der Waals surface area contributed by atoms with Gasteiger partial charge in [0.25, 0.3) is 0 Å². The maximum Gasteiger partial charge on any atom is 0.0511 e. The molecule has 1 rings (SSSR count). The molecule has 0 heterocycles. The molecule has 0 bridgehead atoms. The van der Waals surface area contributed by atoms with Gasteiger partial charge in [-0.15, -0.1) is 0 Å². The molecule has 1 N–H and O–H groups in total. The maximum absolute atomic E-state index is 3.62. The summed E-state index contributed by atoms with van der Waals surface area (Å²) in [5, 5.41) is 3.62. The molecule has 0 amide bonds. The molecule has 17 heavy (non-hydrogen) atoms. The number of hydrogen-bond donors (Lipinski definition) is 1. The van der Waals surface area contributed by atoms with Gasteiger partial charge in [0, 0.05) is 0 Å². The first kappa shape index (κ1) is 14.0. The van der Waals surface area contributed by atoms with Gasteiger partial charge >= 0.3 is 0 Å². The smallest absolute Gasteiger partial charge is 0.0511 e. The van der Waals surface area contributed by atoms with Crippen LogP contribution in [0.3, 0.4) is 0 Å². The summed E-state index contributed by atoms with van der Waals surface area (Å²) in [5.74, 6) is 0. The average molecular weight is 231 g/mol. The van der Waals surface area contributed by atoms with E-state index >= 15 is 0 Å². The Hall–Kier alpha value is -1.08. The van der Waals surface area contributed by atoms with E-state index in [4.69, 9.17) is 0 Å². The normalized spacial score (nSPS) is 12.2. The van der Waals surface area contributed by atoms with Gasteiger partial charge in [-0.2, -0.15) is 0 Å². The lowest BCUT2D eigenvalue weighted by Crippen LogP contribution is -2.21. The third kappa shape index (κ3) is 4.35. The number of hydrogen-bond acceptors (Lipinski definition) is 1. The Bertz CT molecular complexity index is 362. The van der Waals surface area contributed by atoms with Crippen LogP contribution >= 0.6 is 0 Å². The van der Waals surface area contributed by atoms with Gasteiger partial charge in [0.1, 0.15) is 0 Å². The number of benzene rings is 1. The molecule has 0 radical (unpaired) electrons. The molecule has 0 saturated carbocycles. The molecule has 0 aromatic heterocycles. The predicted octanol–water partition coefficient (Wildman–Crippen LogP) is 4.26. The van der Waals surface area contributed by atoms with Crippen LogP contribution in [0, 0.1) is 0 Å². The fourth-order valence-electron chi connectivity index (χ4n) is 2.05. The summed E-state index contributed by atoms with van der Waals surface area (Å²) in [5.41, 5.74) is 4.23. The van der Waals surface area contributed by atoms with Crippen LogP contribution < -0.4 is 5.32 Å². The maximum atomic E-state index is 3.62. The van der Waals surface area contributed by atoms with E-state index in [0.717, 1.165) is 13.0 Å². The molecule has 1 unspecified atom stereocenters. The summed E-state index contributed by atoms with van der Waals surface area (Å²) in [6.45, 7) is 9.81. The average Bonchev–Trinajstić information content (AvgIpc) is 2.34. The van der Waals surface area contributed by atoms with E-state index in [1.165, 1.54) is 23.1 Å². The van der Waals surface area contributed by atoms with Gasteiger partial charge in [0.05, 0.1) is 6.04 Å². The molecule has 0 aliphatic carbocycles. The quantitative estimate of drug-likeness (QED) is 0.721. The molecule has 0 saturated heterocycles. The van der Waals surface area contributed by atoms with Crippen LogP contribution in [0.25, 0.3) is 0 Å². The molecule has 0 spiro atoms. The summed E-state index contributed by atoms with van der Waals surface area (Å²) >= 11 is 0. The summed E-state index contributed by atoms with van der Waals surface area (Å²) < 4.78 is 0. The van der Waals surface area contributed by atoms with E-state index in [1.54, 1.807) is 0 Å². The fourth-order valence-corrected chi connectivity index (χ4v) is 2.05. The second-order valence-electron chi connectivity index (χ2n) is 4.73. The van der Waals surface area contributed by atoms with Crippen molar-refractivity contribution in [2.24, 2.45) is 0 Å². The van der Waals surface area contributed by atoms with Gasteiger partial charge in [-0.1, -0.05) is 49.8 Å². The van der Waals surface area contributed by atoms with Crippen molar-refractivity contribution in [2.45, 2.75) is 46.6 Å². The first-order chi connectivity index (χ1) is 8.19. The van der Waals surface area contributed by atoms with Gasteiger partial charge in [0.15, 0.2) is 0 Å². The molecular formula is C16H25N. The van der Waals surface area contributed by atoms with E-state index in [9.17, 15) is 0 Å². The van der Waals surface area contributed by atoms with E-state index in [1.807, 2.05) is 0 Å². The lowest BCUT2D eigenvalue weighted by Gasteiger charge is -2.19. The zero-order valence-corrected chi connectivity index (χ0v) is 11.6. The van der Waals surface area contributed by atoms with Crippen LogP contribution in [0.1, 0.15) is 51.3 Å². The number of nitrogens with one attached hydrogen (secondary N) is 1. The number of rotatable bonds is 6. The van der Waals surface area contributed by atoms with Gasteiger partial charge in [-0.05, 0) is 44.4 Å². The highest BCUT2D eigenvalue weighted by atomic mass is 14.9.